The molecule has 1 unspecified atom stereocenters. The molecule has 0 spiro atoms. The summed E-state index contributed by atoms with van der Waals surface area (Å²) in [6.07, 6.45) is 1.83. The van der Waals surface area contributed by atoms with Crippen molar-refractivity contribution in [2.45, 2.75) is 19.5 Å². The van der Waals surface area contributed by atoms with Gasteiger partial charge in [-0.3, -0.25) is 9.88 Å². The Bertz CT molecular complexity index is 479. The highest BCUT2D eigenvalue weighted by Gasteiger charge is 2.12. The zero-order valence-electron chi connectivity index (χ0n) is 10.9. The lowest BCUT2D eigenvalue weighted by atomic mass is 10.1. The third kappa shape index (κ3) is 3.08. The molecular formula is C15H19N3. The van der Waals surface area contributed by atoms with E-state index >= 15 is 0 Å². The number of hydrogen-bond acceptors (Lipinski definition) is 3. The predicted octanol–water partition coefficient (Wildman–Crippen LogP) is 2.86. The molecule has 0 amide bonds. The lowest BCUT2D eigenvalue weighted by Gasteiger charge is -2.24. The van der Waals surface area contributed by atoms with Crippen LogP contribution in [0.1, 0.15) is 24.2 Å². The van der Waals surface area contributed by atoms with Gasteiger partial charge < -0.3 is 5.73 Å². The van der Waals surface area contributed by atoms with Gasteiger partial charge in [-0.15, -0.1) is 0 Å². The molecular weight excluding hydrogens is 222 g/mol. The Morgan fingerprint density at radius 3 is 2.50 bits per heavy atom. The van der Waals surface area contributed by atoms with Crippen molar-refractivity contribution in [1.82, 2.24) is 9.88 Å². The molecule has 18 heavy (non-hydrogen) atoms. The van der Waals surface area contributed by atoms with Crippen LogP contribution >= 0.6 is 0 Å². The highest BCUT2D eigenvalue weighted by Crippen LogP contribution is 2.21. The average Bonchev–Trinajstić information content (AvgIpc) is 2.40. The second kappa shape index (κ2) is 5.65. The Morgan fingerprint density at radius 2 is 1.89 bits per heavy atom. The quantitative estimate of drug-likeness (QED) is 0.837. The number of nitrogens with zero attached hydrogens (tertiary/aromatic N) is 2. The van der Waals surface area contributed by atoms with Gasteiger partial charge >= 0.3 is 0 Å². The first kappa shape index (κ1) is 12.6. The Morgan fingerprint density at radius 1 is 1.17 bits per heavy atom. The van der Waals surface area contributed by atoms with Gasteiger partial charge in [0.05, 0.1) is 5.69 Å². The molecule has 0 saturated heterocycles. The van der Waals surface area contributed by atoms with E-state index in [4.69, 9.17) is 5.73 Å². The van der Waals surface area contributed by atoms with Gasteiger partial charge in [-0.2, -0.15) is 0 Å². The van der Waals surface area contributed by atoms with Gasteiger partial charge in [0, 0.05) is 24.5 Å². The van der Waals surface area contributed by atoms with E-state index in [2.05, 4.69) is 36.0 Å². The first-order chi connectivity index (χ1) is 8.66. The van der Waals surface area contributed by atoms with Crippen LogP contribution in [0.4, 0.5) is 5.69 Å². The number of nitrogen functional groups attached to an aromatic ring is 1. The zero-order valence-corrected chi connectivity index (χ0v) is 10.9. The van der Waals surface area contributed by atoms with Crippen LogP contribution in [-0.4, -0.2) is 16.9 Å². The molecule has 1 atom stereocenters. The molecule has 1 heterocycles. The lowest BCUT2D eigenvalue weighted by Crippen LogP contribution is -2.22. The first-order valence-corrected chi connectivity index (χ1v) is 6.12. The summed E-state index contributed by atoms with van der Waals surface area (Å²) in [5, 5.41) is 0. The summed E-state index contributed by atoms with van der Waals surface area (Å²) in [6, 6.07) is 14.4. The third-order valence-electron chi connectivity index (χ3n) is 3.22. The monoisotopic (exact) mass is 241 g/mol. The minimum absolute atomic E-state index is 0.340. The molecule has 2 N–H and O–H groups in total. The molecule has 0 bridgehead atoms. The number of rotatable bonds is 4. The van der Waals surface area contributed by atoms with E-state index in [9.17, 15) is 0 Å². The molecule has 0 radical (unpaired) electrons. The molecule has 1 aromatic carbocycles. The summed E-state index contributed by atoms with van der Waals surface area (Å²) in [7, 11) is 2.11. The summed E-state index contributed by atoms with van der Waals surface area (Å²) in [5.41, 5.74) is 8.86. The van der Waals surface area contributed by atoms with Crippen LogP contribution in [0.25, 0.3) is 0 Å². The number of benzene rings is 1. The Balaban J connectivity index is 2.05. The van der Waals surface area contributed by atoms with Crippen molar-refractivity contribution in [2.75, 3.05) is 12.8 Å². The van der Waals surface area contributed by atoms with Crippen LogP contribution in [0.15, 0.2) is 48.7 Å². The molecule has 3 heteroatoms. The van der Waals surface area contributed by atoms with Gasteiger partial charge in [0.25, 0.3) is 0 Å². The molecule has 0 saturated carbocycles. The highest BCUT2D eigenvalue weighted by atomic mass is 15.1. The molecule has 0 aliphatic heterocycles. The van der Waals surface area contributed by atoms with E-state index in [1.54, 1.807) is 0 Å². The fourth-order valence-electron chi connectivity index (χ4n) is 1.91. The van der Waals surface area contributed by atoms with Crippen molar-refractivity contribution >= 4 is 5.69 Å². The molecule has 94 valence electrons. The molecule has 0 fully saturated rings. The summed E-state index contributed by atoms with van der Waals surface area (Å²) in [6.45, 7) is 3.03. The molecule has 0 aliphatic rings. The third-order valence-corrected chi connectivity index (χ3v) is 3.22. The van der Waals surface area contributed by atoms with Crippen molar-refractivity contribution in [1.29, 1.82) is 0 Å². The van der Waals surface area contributed by atoms with Crippen molar-refractivity contribution in [3.8, 4) is 0 Å². The van der Waals surface area contributed by atoms with Gasteiger partial charge in [0.1, 0.15) is 0 Å². The second-order valence-electron chi connectivity index (χ2n) is 4.58. The minimum atomic E-state index is 0.340. The number of aromatic nitrogens is 1. The molecule has 1 aromatic heterocycles. The van der Waals surface area contributed by atoms with Crippen LogP contribution in [0.3, 0.4) is 0 Å². The van der Waals surface area contributed by atoms with Gasteiger partial charge in [-0.05, 0) is 43.8 Å². The molecule has 0 aliphatic carbocycles. The van der Waals surface area contributed by atoms with Gasteiger partial charge in [0.15, 0.2) is 0 Å². The fourth-order valence-corrected chi connectivity index (χ4v) is 1.91. The SMILES string of the molecule is CC(c1ccc(N)cc1)N(C)Cc1ccccn1. The van der Waals surface area contributed by atoms with Crippen molar-refractivity contribution in [3.05, 3.63) is 59.9 Å². The van der Waals surface area contributed by atoms with Crippen LogP contribution in [0, 0.1) is 0 Å². The van der Waals surface area contributed by atoms with Crippen LogP contribution in [-0.2, 0) is 6.54 Å². The van der Waals surface area contributed by atoms with Crippen molar-refractivity contribution < 1.29 is 0 Å². The van der Waals surface area contributed by atoms with E-state index in [0.29, 0.717) is 6.04 Å². The van der Waals surface area contributed by atoms with Gasteiger partial charge in [0.2, 0.25) is 0 Å². The highest BCUT2D eigenvalue weighted by molar-refractivity contribution is 5.40. The Labute approximate surface area is 108 Å². The van der Waals surface area contributed by atoms with Crippen molar-refractivity contribution in [3.63, 3.8) is 0 Å². The summed E-state index contributed by atoms with van der Waals surface area (Å²) in [4.78, 5) is 6.62. The molecule has 2 rings (SSSR count). The van der Waals surface area contributed by atoms with E-state index in [0.717, 1.165) is 17.9 Å². The molecule has 3 nitrogen and oxygen atoms in total. The smallest absolute Gasteiger partial charge is 0.0544 e. The Hall–Kier alpha value is -1.87. The van der Waals surface area contributed by atoms with E-state index < -0.39 is 0 Å². The summed E-state index contributed by atoms with van der Waals surface area (Å²) in [5.74, 6) is 0. The van der Waals surface area contributed by atoms with E-state index in [-0.39, 0.29) is 0 Å². The first-order valence-electron chi connectivity index (χ1n) is 6.12. The summed E-state index contributed by atoms with van der Waals surface area (Å²) >= 11 is 0. The second-order valence-corrected chi connectivity index (χ2v) is 4.58. The van der Waals surface area contributed by atoms with Crippen molar-refractivity contribution in [2.24, 2.45) is 0 Å². The molecule has 2 aromatic rings. The number of hydrogen-bond donors (Lipinski definition) is 1. The number of pyridine rings is 1. The maximum absolute atomic E-state index is 5.70. The van der Waals surface area contributed by atoms with Gasteiger partial charge in [-0.25, -0.2) is 0 Å². The number of anilines is 1. The average molecular weight is 241 g/mol. The lowest BCUT2D eigenvalue weighted by molar-refractivity contribution is 0.250. The maximum atomic E-state index is 5.70. The van der Waals surface area contributed by atoms with Crippen LogP contribution in [0.5, 0.6) is 0 Å². The maximum Gasteiger partial charge on any atom is 0.0544 e. The van der Waals surface area contributed by atoms with E-state index in [1.807, 2.05) is 36.5 Å². The minimum Gasteiger partial charge on any atom is -0.399 e. The van der Waals surface area contributed by atoms with E-state index in [1.165, 1.54) is 5.56 Å². The standard InChI is InChI=1S/C15H19N3/c1-12(13-6-8-14(16)9-7-13)18(2)11-15-5-3-4-10-17-15/h3-10,12H,11,16H2,1-2H3. The topological polar surface area (TPSA) is 42.1 Å². The Kier molecular flexibility index (Phi) is 3.95. The predicted molar refractivity (Wildman–Crippen MR) is 75.0 cm³/mol. The largest absolute Gasteiger partial charge is 0.399 e. The zero-order chi connectivity index (χ0) is 13.0. The normalized spacial score (nSPS) is 12.6. The number of nitrogens with two attached hydrogens (primary N) is 1. The van der Waals surface area contributed by atoms with Crippen LogP contribution in [0.2, 0.25) is 0 Å². The van der Waals surface area contributed by atoms with Crippen LogP contribution < -0.4 is 5.73 Å². The summed E-state index contributed by atoms with van der Waals surface area (Å²) < 4.78 is 0. The fraction of sp³-hybridized carbons (Fsp3) is 0.267. The van der Waals surface area contributed by atoms with Gasteiger partial charge in [-0.1, -0.05) is 18.2 Å².